The van der Waals surface area contributed by atoms with Gasteiger partial charge in [0.2, 0.25) is 0 Å². The molecule has 3 aromatic rings. The Morgan fingerprint density at radius 1 is 1.09 bits per heavy atom. The molecule has 0 fully saturated rings. The lowest BCUT2D eigenvalue weighted by atomic mass is 10.1. The molecule has 1 aromatic carbocycles. The predicted octanol–water partition coefficient (Wildman–Crippen LogP) is 3.36. The monoisotopic (exact) mass is 323 g/mol. The second kappa shape index (κ2) is 7.24. The van der Waals surface area contributed by atoms with Gasteiger partial charge in [-0.15, -0.1) is 0 Å². The lowest BCUT2D eigenvalue weighted by Gasteiger charge is -2.07. The number of benzene rings is 1. The van der Waals surface area contributed by atoms with Gasteiger partial charge in [0.1, 0.15) is 0 Å². The smallest absolute Gasteiger partial charge is 0.255 e. The third-order valence-corrected chi connectivity index (χ3v) is 4.47. The van der Waals surface area contributed by atoms with Crippen molar-refractivity contribution in [1.82, 2.24) is 15.0 Å². The molecule has 2 aromatic heterocycles. The van der Waals surface area contributed by atoms with Crippen LogP contribution < -0.4 is 5.56 Å². The molecular weight excluding hydrogens is 306 g/mol. The lowest BCUT2D eigenvalue weighted by molar-refractivity contribution is 0.866. The van der Waals surface area contributed by atoms with E-state index in [-0.39, 0.29) is 5.56 Å². The van der Waals surface area contributed by atoms with Crippen molar-refractivity contribution < 1.29 is 0 Å². The van der Waals surface area contributed by atoms with Gasteiger partial charge >= 0.3 is 0 Å². The van der Waals surface area contributed by atoms with Crippen LogP contribution in [0.25, 0.3) is 0 Å². The van der Waals surface area contributed by atoms with Gasteiger partial charge in [-0.25, -0.2) is 4.98 Å². The number of H-pyrrole nitrogens is 1. The highest BCUT2D eigenvalue weighted by Gasteiger charge is 2.09. The molecule has 5 heteroatoms. The number of nitrogens with one attached hydrogen (secondary N) is 1. The molecule has 3 rings (SSSR count). The molecule has 23 heavy (non-hydrogen) atoms. The van der Waals surface area contributed by atoms with Crippen molar-refractivity contribution in [2.24, 2.45) is 0 Å². The van der Waals surface area contributed by atoms with Gasteiger partial charge in [0, 0.05) is 35.8 Å². The first-order valence-electron chi connectivity index (χ1n) is 7.38. The number of aromatic amines is 1. The van der Waals surface area contributed by atoms with Crippen molar-refractivity contribution in [3.8, 4) is 0 Å². The van der Waals surface area contributed by atoms with E-state index in [9.17, 15) is 4.79 Å². The summed E-state index contributed by atoms with van der Waals surface area (Å²) in [4.78, 5) is 23.9. The number of thioether (sulfide) groups is 1. The van der Waals surface area contributed by atoms with Crippen molar-refractivity contribution in [2.45, 2.75) is 24.3 Å². The Hall–Kier alpha value is -2.40. The van der Waals surface area contributed by atoms with Crippen LogP contribution in [-0.4, -0.2) is 15.0 Å². The number of aromatic nitrogens is 3. The van der Waals surface area contributed by atoms with E-state index in [1.165, 1.54) is 11.8 Å². The van der Waals surface area contributed by atoms with Gasteiger partial charge in [-0.05, 0) is 24.1 Å². The zero-order chi connectivity index (χ0) is 16.1. The topological polar surface area (TPSA) is 58.6 Å². The Morgan fingerprint density at radius 3 is 2.57 bits per heavy atom. The van der Waals surface area contributed by atoms with Crippen LogP contribution in [0, 0.1) is 6.92 Å². The highest BCUT2D eigenvalue weighted by molar-refractivity contribution is 7.98. The quantitative estimate of drug-likeness (QED) is 0.578. The first kappa shape index (κ1) is 15.5. The molecule has 1 N–H and O–H groups in total. The minimum absolute atomic E-state index is 0.0601. The molecule has 0 aliphatic rings. The van der Waals surface area contributed by atoms with Crippen LogP contribution in [-0.2, 0) is 12.2 Å². The SMILES string of the molecule is Cc1nc(SCc2cccnc2)[nH]c(=O)c1Cc1ccccc1. The Labute approximate surface area is 139 Å². The van der Waals surface area contributed by atoms with Crippen LogP contribution in [0.15, 0.2) is 64.8 Å². The molecule has 116 valence electrons. The van der Waals surface area contributed by atoms with Crippen LogP contribution in [0.1, 0.15) is 22.4 Å². The van der Waals surface area contributed by atoms with E-state index in [4.69, 9.17) is 0 Å². The standard InChI is InChI=1S/C18H17N3OS/c1-13-16(10-14-6-3-2-4-7-14)17(22)21-18(20-13)23-12-15-8-5-9-19-11-15/h2-9,11H,10,12H2,1H3,(H,20,21,22). The largest absolute Gasteiger partial charge is 0.301 e. The van der Waals surface area contributed by atoms with Crippen LogP contribution >= 0.6 is 11.8 Å². The van der Waals surface area contributed by atoms with E-state index in [0.29, 0.717) is 11.6 Å². The summed E-state index contributed by atoms with van der Waals surface area (Å²) in [7, 11) is 0. The van der Waals surface area contributed by atoms with E-state index in [1.807, 2.05) is 55.6 Å². The van der Waals surface area contributed by atoms with E-state index in [0.717, 1.165) is 28.1 Å². The van der Waals surface area contributed by atoms with E-state index < -0.39 is 0 Å². The van der Waals surface area contributed by atoms with Crippen molar-refractivity contribution in [3.63, 3.8) is 0 Å². The molecule has 0 unspecified atom stereocenters. The fourth-order valence-electron chi connectivity index (χ4n) is 2.30. The van der Waals surface area contributed by atoms with Crippen molar-refractivity contribution >= 4 is 11.8 Å². The summed E-state index contributed by atoms with van der Waals surface area (Å²) in [5, 5.41) is 0.646. The summed E-state index contributed by atoms with van der Waals surface area (Å²) in [6, 6.07) is 13.9. The van der Waals surface area contributed by atoms with Gasteiger partial charge in [-0.2, -0.15) is 0 Å². The number of hydrogen-bond acceptors (Lipinski definition) is 4. The van der Waals surface area contributed by atoms with Crippen molar-refractivity contribution in [1.29, 1.82) is 0 Å². The van der Waals surface area contributed by atoms with Gasteiger partial charge in [-0.3, -0.25) is 9.78 Å². The Balaban J connectivity index is 1.76. The van der Waals surface area contributed by atoms with E-state index >= 15 is 0 Å². The maximum Gasteiger partial charge on any atom is 0.255 e. The van der Waals surface area contributed by atoms with Crippen LogP contribution in [0.3, 0.4) is 0 Å². The maximum absolute atomic E-state index is 12.4. The van der Waals surface area contributed by atoms with Gasteiger partial charge in [0.05, 0.1) is 0 Å². The molecule has 0 aliphatic carbocycles. The second-order valence-electron chi connectivity index (χ2n) is 5.25. The van der Waals surface area contributed by atoms with E-state index in [1.54, 1.807) is 6.20 Å². The van der Waals surface area contributed by atoms with E-state index in [2.05, 4.69) is 15.0 Å². The maximum atomic E-state index is 12.4. The molecule has 0 aliphatic heterocycles. The molecule has 0 spiro atoms. The molecule has 0 atom stereocenters. The summed E-state index contributed by atoms with van der Waals surface area (Å²) in [6.07, 6.45) is 4.17. The third-order valence-electron chi connectivity index (χ3n) is 3.52. The van der Waals surface area contributed by atoms with Crippen LogP contribution in [0.2, 0.25) is 0 Å². The highest BCUT2D eigenvalue weighted by atomic mass is 32.2. The third kappa shape index (κ3) is 4.07. The molecule has 0 saturated carbocycles. The number of pyridine rings is 1. The Morgan fingerprint density at radius 2 is 1.87 bits per heavy atom. The first-order valence-corrected chi connectivity index (χ1v) is 8.36. The minimum Gasteiger partial charge on any atom is -0.301 e. The minimum atomic E-state index is -0.0601. The Bertz CT molecular complexity index is 832. The highest BCUT2D eigenvalue weighted by Crippen LogP contribution is 2.19. The number of rotatable bonds is 5. The lowest BCUT2D eigenvalue weighted by Crippen LogP contribution is -2.17. The zero-order valence-electron chi connectivity index (χ0n) is 12.8. The second-order valence-corrected chi connectivity index (χ2v) is 6.21. The summed E-state index contributed by atoms with van der Waals surface area (Å²) >= 11 is 1.51. The van der Waals surface area contributed by atoms with Crippen LogP contribution in [0.4, 0.5) is 0 Å². The predicted molar refractivity (Wildman–Crippen MR) is 92.6 cm³/mol. The average molecular weight is 323 g/mol. The number of aryl methyl sites for hydroxylation is 1. The fourth-order valence-corrected chi connectivity index (χ4v) is 3.14. The van der Waals surface area contributed by atoms with Gasteiger partial charge < -0.3 is 4.98 Å². The number of nitrogens with zero attached hydrogens (tertiary/aromatic N) is 2. The molecule has 4 nitrogen and oxygen atoms in total. The summed E-state index contributed by atoms with van der Waals surface area (Å²) in [6.45, 7) is 1.89. The zero-order valence-corrected chi connectivity index (χ0v) is 13.6. The first-order chi connectivity index (χ1) is 11.2. The van der Waals surface area contributed by atoms with Gasteiger partial charge in [0.15, 0.2) is 5.16 Å². The molecule has 2 heterocycles. The van der Waals surface area contributed by atoms with Gasteiger partial charge in [-0.1, -0.05) is 48.2 Å². The number of hydrogen-bond donors (Lipinski definition) is 1. The van der Waals surface area contributed by atoms with Crippen molar-refractivity contribution in [2.75, 3.05) is 0 Å². The molecule has 0 saturated heterocycles. The van der Waals surface area contributed by atoms with Gasteiger partial charge in [0.25, 0.3) is 5.56 Å². The molecular formula is C18H17N3OS. The fraction of sp³-hybridized carbons (Fsp3) is 0.167. The average Bonchev–Trinajstić information content (AvgIpc) is 2.58. The summed E-state index contributed by atoms with van der Waals surface area (Å²) < 4.78 is 0. The summed E-state index contributed by atoms with van der Waals surface area (Å²) in [5.74, 6) is 0.730. The molecule has 0 bridgehead atoms. The Kier molecular flexibility index (Phi) is 4.88. The van der Waals surface area contributed by atoms with Crippen molar-refractivity contribution in [3.05, 3.63) is 87.6 Å². The molecule has 0 amide bonds. The molecule has 0 radical (unpaired) electrons. The van der Waals surface area contributed by atoms with Crippen LogP contribution in [0.5, 0.6) is 0 Å². The summed E-state index contributed by atoms with van der Waals surface area (Å²) in [5.41, 5.74) is 3.66. The normalized spacial score (nSPS) is 10.7.